The first-order valence-electron chi connectivity index (χ1n) is 8.48. The number of hydrogen-bond acceptors (Lipinski definition) is 6. The van der Waals surface area contributed by atoms with Crippen molar-refractivity contribution >= 4 is 11.9 Å². The van der Waals surface area contributed by atoms with E-state index in [0.29, 0.717) is 42.4 Å². The van der Waals surface area contributed by atoms with E-state index in [4.69, 9.17) is 9.26 Å². The Kier molecular flexibility index (Phi) is 4.92. The molecule has 1 fully saturated rings. The summed E-state index contributed by atoms with van der Waals surface area (Å²) in [5.74, 6) is 0.563. The summed E-state index contributed by atoms with van der Waals surface area (Å²) in [5, 5.41) is 13.1. The molecule has 8 nitrogen and oxygen atoms in total. The van der Waals surface area contributed by atoms with Gasteiger partial charge in [-0.2, -0.15) is 4.98 Å². The molecule has 0 saturated carbocycles. The Balaban J connectivity index is 1.59. The molecule has 0 radical (unpaired) electrons. The maximum Gasteiger partial charge on any atom is 0.311 e. The Morgan fingerprint density at radius 2 is 2.08 bits per heavy atom. The monoisotopic (exact) mass is 359 g/mol. The van der Waals surface area contributed by atoms with Gasteiger partial charge in [0, 0.05) is 25.1 Å². The molecule has 26 heavy (non-hydrogen) atoms. The third kappa shape index (κ3) is 3.68. The molecule has 1 aromatic carbocycles. The highest BCUT2D eigenvalue weighted by molar-refractivity contribution is 5.95. The third-order valence-electron chi connectivity index (χ3n) is 4.56. The van der Waals surface area contributed by atoms with Crippen LogP contribution in [0.3, 0.4) is 0 Å². The molecule has 8 heteroatoms. The van der Waals surface area contributed by atoms with Crippen LogP contribution in [0.15, 0.2) is 28.8 Å². The minimum Gasteiger partial charge on any atom is -0.485 e. The lowest BCUT2D eigenvalue weighted by atomic mass is 9.90. The predicted molar refractivity (Wildman–Crippen MR) is 90.7 cm³/mol. The van der Waals surface area contributed by atoms with E-state index in [2.05, 4.69) is 10.1 Å². The van der Waals surface area contributed by atoms with Gasteiger partial charge in [0.05, 0.1) is 5.41 Å². The molecular formula is C18H21N3O5. The van der Waals surface area contributed by atoms with Crippen molar-refractivity contribution < 1.29 is 24.0 Å². The lowest BCUT2D eigenvalue weighted by Crippen LogP contribution is -2.34. The second-order valence-electron chi connectivity index (χ2n) is 6.61. The number of nitrogens with zero attached hydrogens (tertiary/aromatic N) is 3. The van der Waals surface area contributed by atoms with Gasteiger partial charge in [-0.15, -0.1) is 0 Å². The number of rotatable bonds is 6. The average Bonchev–Trinajstić information content (AvgIpc) is 3.27. The van der Waals surface area contributed by atoms with Gasteiger partial charge in [0.15, 0.2) is 6.61 Å². The van der Waals surface area contributed by atoms with E-state index >= 15 is 0 Å². The Morgan fingerprint density at radius 1 is 1.35 bits per heavy atom. The van der Waals surface area contributed by atoms with E-state index in [0.717, 1.165) is 0 Å². The number of carbonyl (C=O) groups is 2. The van der Waals surface area contributed by atoms with Gasteiger partial charge in [-0.05, 0) is 37.6 Å². The lowest BCUT2D eigenvalue weighted by Gasteiger charge is -2.20. The topological polar surface area (TPSA) is 106 Å². The van der Waals surface area contributed by atoms with Crippen LogP contribution in [0.2, 0.25) is 0 Å². The van der Waals surface area contributed by atoms with Gasteiger partial charge in [0.2, 0.25) is 11.7 Å². The van der Waals surface area contributed by atoms with Crippen LogP contribution in [0.1, 0.15) is 42.3 Å². The van der Waals surface area contributed by atoms with Crippen molar-refractivity contribution in [1.29, 1.82) is 0 Å². The summed E-state index contributed by atoms with van der Waals surface area (Å²) in [6, 6.07) is 6.73. The number of carboxylic acid groups (broad SMARTS) is 1. The highest BCUT2D eigenvalue weighted by Gasteiger charge is 2.42. The molecule has 3 rings (SSSR count). The summed E-state index contributed by atoms with van der Waals surface area (Å²) >= 11 is 0. The van der Waals surface area contributed by atoms with E-state index in [-0.39, 0.29) is 19.1 Å². The largest absolute Gasteiger partial charge is 0.485 e. The van der Waals surface area contributed by atoms with Crippen molar-refractivity contribution in [3.8, 4) is 5.75 Å². The van der Waals surface area contributed by atoms with Crippen LogP contribution < -0.4 is 4.74 Å². The highest BCUT2D eigenvalue weighted by atomic mass is 16.5. The van der Waals surface area contributed by atoms with Gasteiger partial charge in [-0.25, -0.2) is 0 Å². The summed E-state index contributed by atoms with van der Waals surface area (Å²) in [5.41, 5.74) is -0.375. The Labute approximate surface area is 150 Å². The van der Waals surface area contributed by atoms with Crippen LogP contribution in [-0.2, 0) is 17.8 Å². The number of ether oxygens (including phenoxy) is 1. The quantitative estimate of drug-likeness (QED) is 0.842. The highest BCUT2D eigenvalue weighted by Crippen LogP contribution is 2.31. The Bertz CT molecular complexity index is 801. The minimum atomic E-state index is -0.874. The fourth-order valence-electron chi connectivity index (χ4n) is 2.83. The van der Waals surface area contributed by atoms with Gasteiger partial charge in [0.25, 0.3) is 5.91 Å². The van der Waals surface area contributed by atoms with Crippen LogP contribution >= 0.6 is 0 Å². The second kappa shape index (κ2) is 7.15. The molecule has 1 atom stereocenters. The molecule has 1 N–H and O–H groups in total. The Hall–Kier alpha value is -2.90. The normalized spacial score (nSPS) is 19.5. The van der Waals surface area contributed by atoms with Crippen LogP contribution in [0.25, 0.3) is 0 Å². The van der Waals surface area contributed by atoms with Crippen molar-refractivity contribution in [3.63, 3.8) is 0 Å². The van der Waals surface area contributed by atoms with Crippen molar-refractivity contribution in [1.82, 2.24) is 15.0 Å². The number of carbonyl (C=O) groups excluding carboxylic acids is 1. The molecule has 138 valence electrons. The molecule has 0 bridgehead atoms. The van der Waals surface area contributed by atoms with Crippen molar-refractivity contribution in [2.24, 2.45) is 5.41 Å². The van der Waals surface area contributed by atoms with Crippen LogP contribution in [0, 0.1) is 5.41 Å². The molecule has 0 spiro atoms. The maximum absolute atomic E-state index is 12.5. The summed E-state index contributed by atoms with van der Waals surface area (Å²) in [6.45, 7) is 4.43. The number of aromatic nitrogens is 2. The Morgan fingerprint density at radius 3 is 2.65 bits per heavy atom. The van der Waals surface area contributed by atoms with Gasteiger partial charge >= 0.3 is 5.97 Å². The first kappa shape index (κ1) is 17.9. The number of aliphatic carboxylic acids is 1. The number of likely N-dealkylation sites (tertiary alicyclic amines) is 1. The molecule has 1 amide bonds. The molecule has 1 aliphatic heterocycles. The summed E-state index contributed by atoms with van der Waals surface area (Å²) in [4.78, 5) is 29.6. The van der Waals surface area contributed by atoms with Crippen molar-refractivity contribution in [3.05, 3.63) is 41.5 Å². The minimum absolute atomic E-state index is 0.174. The van der Waals surface area contributed by atoms with E-state index in [1.807, 2.05) is 6.92 Å². The van der Waals surface area contributed by atoms with E-state index in [1.165, 1.54) is 0 Å². The van der Waals surface area contributed by atoms with Crippen molar-refractivity contribution in [2.45, 2.75) is 33.3 Å². The molecule has 0 aliphatic carbocycles. The SMILES string of the molecule is CCc1nc(COc2ccc(C(=O)N3CC[C@](C)(C(=O)O)C3)cc2)no1. The molecular weight excluding hydrogens is 338 g/mol. The third-order valence-corrected chi connectivity index (χ3v) is 4.56. The molecule has 1 aliphatic rings. The van der Waals surface area contributed by atoms with Gasteiger partial charge in [-0.3, -0.25) is 9.59 Å². The zero-order valence-corrected chi connectivity index (χ0v) is 14.8. The fraction of sp³-hybridized carbons (Fsp3) is 0.444. The standard InChI is InChI=1S/C18H21N3O5/c1-3-15-19-14(20-26-15)10-25-13-6-4-12(5-7-13)16(22)21-9-8-18(2,11-21)17(23)24/h4-7H,3,8-11H2,1-2H3,(H,23,24)/t18-/m0/s1. The number of aryl methyl sites for hydroxylation is 1. The summed E-state index contributed by atoms with van der Waals surface area (Å²) in [6.07, 6.45) is 1.13. The number of benzene rings is 1. The van der Waals surface area contributed by atoms with Gasteiger partial charge < -0.3 is 19.3 Å². The molecule has 1 aromatic heterocycles. The number of carboxylic acids is 1. The van der Waals surface area contributed by atoms with Gasteiger partial charge in [0.1, 0.15) is 5.75 Å². The van der Waals surface area contributed by atoms with Crippen LogP contribution in [0.4, 0.5) is 0 Å². The molecule has 1 saturated heterocycles. The first-order chi connectivity index (χ1) is 12.4. The fourth-order valence-corrected chi connectivity index (χ4v) is 2.83. The molecule has 0 unspecified atom stereocenters. The first-order valence-corrected chi connectivity index (χ1v) is 8.48. The number of amides is 1. The average molecular weight is 359 g/mol. The van der Waals surface area contributed by atoms with E-state index in [9.17, 15) is 14.7 Å². The second-order valence-corrected chi connectivity index (χ2v) is 6.61. The summed E-state index contributed by atoms with van der Waals surface area (Å²) in [7, 11) is 0. The predicted octanol–water partition coefficient (Wildman–Crippen LogP) is 2.15. The summed E-state index contributed by atoms with van der Waals surface area (Å²) < 4.78 is 10.6. The molecule has 2 heterocycles. The zero-order chi connectivity index (χ0) is 18.7. The van der Waals surface area contributed by atoms with Crippen molar-refractivity contribution in [2.75, 3.05) is 13.1 Å². The lowest BCUT2D eigenvalue weighted by molar-refractivity contribution is -0.147. The maximum atomic E-state index is 12.5. The van der Waals surface area contributed by atoms with E-state index < -0.39 is 11.4 Å². The number of hydrogen-bond donors (Lipinski definition) is 1. The van der Waals surface area contributed by atoms with Crippen LogP contribution in [0.5, 0.6) is 5.75 Å². The molecule has 2 aromatic rings. The smallest absolute Gasteiger partial charge is 0.311 e. The van der Waals surface area contributed by atoms with Gasteiger partial charge in [-0.1, -0.05) is 12.1 Å². The van der Waals surface area contributed by atoms with E-state index in [1.54, 1.807) is 36.1 Å². The van der Waals surface area contributed by atoms with Crippen LogP contribution in [-0.4, -0.2) is 45.1 Å². The zero-order valence-electron chi connectivity index (χ0n) is 14.8.